The highest BCUT2D eigenvalue weighted by Gasteiger charge is 2.19. The topological polar surface area (TPSA) is 32.3 Å². The molecular weight excluding hydrogens is 246 g/mol. The first kappa shape index (κ1) is 14.8. The number of nitrogens with one attached hydrogen (secondary N) is 1. The summed E-state index contributed by atoms with van der Waals surface area (Å²) in [6.45, 7) is 6.18. The smallest absolute Gasteiger partial charge is 0.0942 e. The molecule has 0 saturated carbocycles. The SMILES string of the molecule is Cc1ccccc1[C@H](O)[C@H](C)N[C@H](C)c1ccccc1. The Kier molecular flexibility index (Phi) is 4.94. The van der Waals surface area contributed by atoms with E-state index in [1.54, 1.807) is 0 Å². The third kappa shape index (κ3) is 3.47. The van der Waals surface area contributed by atoms with Crippen molar-refractivity contribution in [1.29, 1.82) is 0 Å². The summed E-state index contributed by atoms with van der Waals surface area (Å²) >= 11 is 0. The molecule has 2 N–H and O–H groups in total. The molecule has 20 heavy (non-hydrogen) atoms. The molecule has 0 amide bonds. The molecule has 2 aromatic carbocycles. The molecule has 0 fully saturated rings. The largest absolute Gasteiger partial charge is 0.387 e. The molecular formula is C18H23NO. The van der Waals surface area contributed by atoms with E-state index in [2.05, 4.69) is 24.4 Å². The first-order valence-electron chi connectivity index (χ1n) is 7.14. The number of hydrogen-bond donors (Lipinski definition) is 2. The van der Waals surface area contributed by atoms with Gasteiger partial charge in [0, 0.05) is 12.1 Å². The van der Waals surface area contributed by atoms with Crippen molar-refractivity contribution in [2.45, 2.75) is 39.0 Å². The number of rotatable bonds is 5. The average molecular weight is 269 g/mol. The van der Waals surface area contributed by atoms with Gasteiger partial charge in [0.25, 0.3) is 0 Å². The Hall–Kier alpha value is -1.64. The van der Waals surface area contributed by atoms with Crippen LogP contribution in [0.2, 0.25) is 0 Å². The minimum Gasteiger partial charge on any atom is -0.387 e. The van der Waals surface area contributed by atoms with Crippen molar-refractivity contribution >= 4 is 0 Å². The lowest BCUT2D eigenvalue weighted by Gasteiger charge is -2.26. The van der Waals surface area contributed by atoms with Gasteiger partial charge in [0.1, 0.15) is 0 Å². The number of aryl methyl sites for hydroxylation is 1. The quantitative estimate of drug-likeness (QED) is 0.866. The molecule has 0 aromatic heterocycles. The van der Waals surface area contributed by atoms with Crippen LogP contribution in [0.3, 0.4) is 0 Å². The van der Waals surface area contributed by atoms with Crippen LogP contribution in [0.1, 0.15) is 42.7 Å². The molecule has 0 unspecified atom stereocenters. The average Bonchev–Trinajstić information content (AvgIpc) is 2.48. The van der Waals surface area contributed by atoms with E-state index < -0.39 is 6.10 Å². The summed E-state index contributed by atoms with van der Waals surface area (Å²) in [5.41, 5.74) is 3.35. The first-order valence-corrected chi connectivity index (χ1v) is 7.14. The molecule has 0 aliphatic rings. The van der Waals surface area contributed by atoms with E-state index in [0.29, 0.717) is 0 Å². The molecule has 0 heterocycles. The predicted molar refractivity (Wildman–Crippen MR) is 83.6 cm³/mol. The third-order valence-corrected chi connectivity index (χ3v) is 3.79. The van der Waals surface area contributed by atoms with Crippen LogP contribution >= 0.6 is 0 Å². The molecule has 0 bridgehead atoms. The zero-order valence-electron chi connectivity index (χ0n) is 12.4. The molecule has 2 heteroatoms. The van der Waals surface area contributed by atoms with Crippen molar-refractivity contribution < 1.29 is 5.11 Å². The van der Waals surface area contributed by atoms with Gasteiger partial charge >= 0.3 is 0 Å². The Labute approximate surface area is 121 Å². The molecule has 0 aliphatic carbocycles. The standard InChI is InChI=1S/C18H23NO/c1-13-9-7-8-12-17(13)18(20)15(3)19-14(2)16-10-5-4-6-11-16/h4-12,14-15,18-20H,1-3H3/t14-,15+,18-/m1/s1. The molecule has 0 saturated heterocycles. The van der Waals surface area contributed by atoms with E-state index in [1.165, 1.54) is 5.56 Å². The van der Waals surface area contributed by atoms with Crippen LogP contribution in [0.4, 0.5) is 0 Å². The van der Waals surface area contributed by atoms with Crippen molar-refractivity contribution in [3.63, 3.8) is 0 Å². The van der Waals surface area contributed by atoms with Gasteiger partial charge in [-0.25, -0.2) is 0 Å². The number of benzene rings is 2. The van der Waals surface area contributed by atoms with Gasteiger partial charge < -0.3 is 10.4 Å². The van der Waals surface area contributed by atoms with Gasteiger partial charge in [-0.1, -0.05) is 54.6 Å². The Morgan fingerprint density at radius 3 is 2.15 bits per heavy atom. The Morgan fingerprint density at radius 1 is 0.900 bits per heavy atom. The van der Waals surface area contributed by atoms with Crippen LogP contribution in [0, 0.1) is 6.92 Å². The predicted octanol–water partition coefficient (Wildman–Crippen LogP) is 3.77. The Bertz CT molecular complexity index is 538. The summed E-state index contributed by atoms with van der Waals surface area (Å²) < 4.78 is 0. The van der Waals surface area contributed by atoms with Gasteiger partial charge in [-0.2, -0.15) is 0 Å². The lowest BCUT2D eigenvalue weighted by Crippen LogP contribution is -2.34. The fraction of sp³-hybridized carbons (Fsp3) is 0.333. The molecule has 0 spiro atoms. The van der Waals surface area contributed by atoms with Crippen molar-refractivity contribution in [2.24, 2.45) is 0 Å². The zero-order valence-corrected chi connectivity index (χ0v) is 12.4. The number of hydrogen-bond acceptors (Lipinski definition) is 2. The van der Waals surface area contributed by atoms with Crippen molar-refractivity contribution in [2.75, 3.05) is 0 Å². The Balaban J connectivity index is 2.05. The summed E-state index contributed by atoms with van der Waals surface area (Å²) in [4.78, 5) is 0. The van der Waals surface area contributed by atoms with Crippen LogP contribution in [0.5, 0.6) is 0 Å². The minimum atomic E-state index is -0.498. The second-order valence-corrected chi connectivity index (χ2v) is 5.39. The molecule has 0 radical (unpaired) electrons. The summed E-state index contributed by atoms with van der Waals surface area (Å²) in [5, 5.41) is 14.0. The molecule has 2 rings (SSSR count). The highest BCUT2D eigenvalue weighted by molar-refractivity contribution is 5.28. The maximum Gasteiger partial charge on any atom is 0.0942 e. The van der Waals surface area contributed by atoms with Gasteiger partial charge in [0.05, 0.1) is 6.10 Å². The van der Waals surface area contributed by atoms with Gasteiger partial charge in [-0.05, 0) is 37.5 Å². The second-order valence-electron chi connectivity index (χ2n) is 5.39. The van der Waals surface area contributed by atoms with Gasteiger partial charge in [0.15, 0.2) is 0 Å². The molecule has 3 atom stereocenters. The van der Waals surface area contributed by atoms with Gasteiger partial charge in [0.2, 0.25) is 0 Å². The highest BCUT2D eigenvalue weighted by atomic mass is 16.3. The van der Waals surface area contributed by atoms with Crippen LogP contribution < -0.4 is 5.32 Å². The third-order valence-electron chi connectivity index (χ3n) is 3.79. The summed E-state index contributed by atoms with van der Waals surface area (Å²) in [5.74, 6) is 0. The summed E-state index contributed by atoms with van der Waals surface area (Å²) in [6.07, 6.45) is -0.498. The fourth-order valence-corrected chi connectivity index (χ4v) is 2.51. The maximum absolute atomic E-state index is 10.5. The van der Waals surface area contributed by atoms with Crippen molar-refractivity contribution in [3.05, 3.63) is 71.3 Å². The summed E-state index contributed by atoms with van der Waals surface area (Å²) in [7, 11) is 0. The number of aliphatic hydroxyl groups excluding tert-OH is 1. The van der Waals surface area contributed by atoms with Gasteiger partial charge in [-0.15, -0.1) is 0 Å². The van der Waals surface area contributed by atoms with E-state index in [9.17, 15) is 5.11 Å². The van der Waals surface area contributed by atoms with Crippen LogP contribution in [-0.2, 0) is 0 Å². The first-order chi connectivity index (χ1) is 9.59. The fourth-order valence-electron chi connectivity index (χ4n) is 2.51. The van der Waals surface area contributed by atoms with Crippen molar-refractivity contribution in [3.8, 4) is 0 Å². The van der Waals surface area contributed by atoms with Crippen molar-refractivity contribution in [1.82, 2.24) is 5.32 Å². The second kappa shape index (κ2) is 6.69. The van der Waals surface area contributed by atoms with Gasteiger partial charge in [-0.3, -0.25) is 0 Å². The lowest BCUT2D eigenvalue weighted by molar-refractivity contribution is 0.130. The van der Waals surface area contributed by atoms with Crippen LogP contribution in [0.15, 0.2) is 54.6 Å². The highest BCUT2D eigenvalue weighted by Crippen LogP contribution is 2.22. The molecule has 0 aliphatic heterocycles. The maximum atomic E-state index is 10.5. The molecule has 2 nitrogen and oxygen atoms in total. The minimum absolute atomic E-state index is 0.00805. The monoisotopic (exact) mass is 269 g/mol. The summed E-state index contributed by atoms with van der Waals surface area (Å²) in [6, 6.07) is 18.5. The zero-order chi connectivity index (χ0) is 14.5. The van der Waals surface area contributed by atoms with E-state index in [-0.39, 0.29) is 12.1 Å². The van der Waals surface area contributed by atoms with Crippen LogP contribution in [0.25, 0.3) is 0 Å². The lowest BCUT2D eigenvalue weighted by atomic mass is 9.97. The molecule has 2 aromatic rings. The number of aliphatic hydroxyl groups is 1. The van der Waals surface area contributed by atoms with Crippen LogP contribution in [-0.4, -0.2) is 11.1 Å². The molecule has 106 valence electrons. The normalized spacial score (nSPS) is 15.6. The van der Waals surface area contributed by atoms with E-state index in [0.717, 1.165) is 11.1 Å². The van der Waals surface area contributed by atoms with E-state index in [1.807, 2.05) is 56.3 Å². The van der Waals surface area contributed by atoms with E-state index >= 15 is 0 Å². The van der Waals surface area contributed by atoms with E-state index in [4.69, 9.17) is 0 Å². The Morgan fingerprint density at radius 2 is 1.50 bits per heavy atom.